The standard InChI is InChI=1S/C39H57N5O8.C38H57N5O6S2/c1-21(2)32(19-42(7)8)41-37(47)26-13-25(14-28(15-26)44(49)50)29-12-10-11-24(36(29)51-9)18-43-35(34(23(4)46)33(20-45)52-43)38(48)40-31-17-27-16-30(22(31)3)39(27,5)6;1-22-30-18-27(38(30,3)4)19-31(22)41-37(47)34-33(23(2)45)32(21-44)49-43(34)20-24-9-8-10-29(35(24)48-7)25-15-26(17-28(16-25)42(5)6)36(46)40-12-14-51-50-13-11-39/h10-15,21-23,27,30-35,45-46H,16-20H2,1-9H3,(H,40,48)(H,41,47);8-10,15-17,22-23,27,30-34,44-45H,11-14,18-21,39H2,1-7H3,(H,40,46)(H,41,47)/t22-,23-,27+,30-,31-,32-,33-,34-,35-;22-,23-,27+,30-,31-,32-,33+,34-/m00/s1. The van der Waals surface area contributed by atoms with Crippen LogP contribution in [0.4, 0.5) is 11.4 Å². The first-order chi connectivity index (χ1) is 48.8. The Morgan fingerprint density at radius 1 is 0.689 bits per heavy atom. The van der Waals surface area contributed by atoms with Gasteiger partial charge in [0, 0.05) is 126 Å². The molecule has 2 saturated heterocycles. The first-order valence-electron chi connectivity index (χ1n) is 36.5. The minimum absolute atomic E-state index is 0.00854. The van der Waals surface area contributed by atoms with Crippen LogP contribution in [0.3, 0.4) is 0 Å². The Morgan fingerprint density at radius 3 is 1.55 bits per heavy atom. The highest BCUT2D eigenvalue weighted by molar-refractivity contribution is 8.76. The number of non-ortho nitro benzene ring substituents is 1. The van der Waals surface area contributed by atoms with Crippen molar-refractivity contribution in [3.8, 4) is 33.8 Å². The van der Waals surface area contributed by atoms with Gasteiger partial charge in [0.2, 0.25) is 11.8 Å². The van der Waals surface area contributed by atoms with Gasteiger partial charge in [0.05, 0.1) is 57.7 Å². The molecule has 24 nitrogen and oxygen atoms in total. The summed E-state index contributed by atoms with van der Waals surface area (Å²) in [7, 11) is 14.2. The molecule has 26 heteroatoms. The van der Waals surface area contributed by atoms with Crippen LogP contribution in [0.1, 0.15) is 127 Å². The molecule has 4 amide bonds. The van der Waals surface area contributed by atoms with E-state index in [0.717, 1.165) is 46.7 Å². The average Bonchev–Trinajstić information content (AvgIpc) is 1.41. The number of nitrogens with one attached hydrogen (secondary N) is 4. The Morgan fingerprint density at radius 2 is 1.16 bits per heavy atom. The number of aliphatic hydroxyl groups is 4. The summed E-state index contributed by atoms with van der Waals surface area (Å²) in [6, 6.07) is 19.3. The Bertz CT molecular complexity index is 3620. The molecule has 4 aromatic rings. The van der Waals surface area contributed by atoms with Gasteiger partial charge in [0.15, 0.2) is 0 Å². The highest BCUT2D eigenvalue weighted by Crippen LogP contribution is 2.62. The van der Waals surface area contributed by atoms with E-state index in [9.17, 15) is 49.7 Å². The quantitative estimate of drug-likeness (QED) is 0.0102. The minimum atomic E-state index is -0.954. The van der Waals surface area contributed by atoms with E-state index in [4.69, 9.17) is 24.9 Å². The summed E-state index contributed by atoms with van der Waals surface area (Å²) in [6.45, 7) is 22.2. The van der Waals surface area contributed by atoms with Gasteiger partial charge in [-0.3, -0.25) is 39.0 Å². The topological polar surface area (TPSA) is 316 Å². The maximum atomic E-state index is 14.2. The Labute approximate surface area is 616 Å². The molecule has 4 aromatic carbocycles. The molecule has 0 aromatic heterocycles. The van der Waals surface area contributed by atoms with Gasteiger partial charge >= 0.3 is 0 Å². The molecule has 17 atom stereocenters. The number of nitro groups is 1. The van der Waals surface area contributed by atoms with Gasteiger partial charge in [-0.2, -0.15) is 10.1 Å². The largest absolute Gasteiger partial charge is 0.496 e. The molecule has 0 unspecified atom stereocenters. The van der Waals surface area contributed by atoms with Crippen molar-refractivity contribution in [2.45, 2.75) is 163 Å². The Kier molecular flexibility index (Phi) is 27.2. The van der Waals surface area contributed by atoms with Crippen molar-refractivity contribution in [1.29, 1.82) is 0 Å². The van der Waals surface area contributed by atoms with Crippen molar-refractivity contribution in [3.63, 3.8) is 0 Å². The number of amides is 4. The third kappa shape index (κ3) is 17.8. The van der Waals surface area contributed by atoms with Crippen molar-refractivity contribution in [2.75, 3.05) is 91.7 Å². The lowest BCUT2D eigenvalue weighted by molar-refractivity contribution is -0.384. The van der Waals surface area contributed by atoms with Crippen LogP contribution in [-0.4, -0.2) is 205 Å². The van der Waals surface area contributed by atoms with Gasteiger partial charge in [0.1, 0.15) is 35.8 Å². The third-order valence-corrected chi connectivity index (χ3v) is 26.0. The van der Waals surface area contributed by atoms with Gasteiger partial charge in [-0.15, -0.1) is 0 Å². The van der Waals surface area contributed by atoms with E-state index in [0.29, 0.717) is 88.9 Å². The SMILES string of the molecule is COc1c(CN2O[C@@H](CO)[C@@H]([C@H](C)O)[C@H]2C(=O)N[C@H]2C[C@H]3C[C@@H]([C@@H]2C)C3(C)C)cccc1-c1cc(C(=O)NCCSSCCN)cc(N(C)C)c1.COc1c(CN2O[C@@H](CO)[C@H]([C@H](C)O)[C@H]2C(=O)N[C@H]2C[C@H]3C[C@@H]([C@@H]2C)C3(C)C)cccc1-c1cc(C(=O)N[C@@H](CN(C)C)C(C)C)cc([N+](=O)[O-])c1. The van der Waals surface area contributed by atoms with Crippen LogP contribution in [0.25, 0.3) is 22.3 Å². The number of carbonyl (C=O) groups excluding carboxylic acids is 4. The second-order valence-corrected chi connectivity index (χ2v) is 34.1. The number of ether oxygens (including phenoxy) is 2. The van der Waals surface area contributed by atoms with Gasteiger partial charge in [-0.05, 0) is 141 Å². The van der Waals surface area contributed by atoms with Crippen molar-refractivity contribution >= 4 is 56.6 Å². The molecule has 4 bridgehead atoms. The van der Waals surface area contributed by atoms with Crippen LogP contribution in [-0.2, 0) is 32.4 Å². The van der Waals surface area contributed by atoms with Crippen molar-refractivity contribution in [3.05, 3.63) is 105 Å². The number of nitrogens with two attached hydrogens (primary N) is 1. The van der Waals surface area contributed by atoms with Gasteiger partial charge in [0.25, 0.3) is 17.5 Å². The second-order valence-electron chi connectivity index (χ2n) is 31.4. The van der Waals surface area contributed by atoms with Crippen LogP contribution in [0, 0.1) is 74.2 Å². The molecular weight excluding hydrogens is 1350 g/mol. The monoisotopic (exact) mass is 1470 g/mol. The lowest BCUT2D eigenvalue weighted by Crippen LogP contribution is -2.62. The number of benzene rings is 4. The summed E-state index contributed by atoms with van der Waals surface area (Å²) in [5.41, 5.74) is 11.3. The number of hydrogen-bond donors (Lipinski definition) is 9. The van der Waals surface area contributed by atoms with Crippen LogP contribution in [0.5, 0.6) is 11.5 Å². The average molecular weight is 1470 g/mol. The number of likely N-dealkylation sites (N-methyl/N-ethyl adjacent to an activating group) is 1. The van der Waals surface area contributed by atoms with E-state index >= 15 is 0 Å². The summed E-state index contributed by atoms with van der Waals surface area (Å²) in [6.07, 6.45) is 0.780. The summed E-state index contributed by atoms with van der Waals surface area (Å²) in [4.78, 5) is 83.1. The van der Waals surface area contributed by atoms with Crippen molar-refractivity contribution in [2.24, 2.45) is 69.8 Å². The van der Waals surface area contributed by atoms with E-state index < -0.39 is 65.8 Å². The van der Waals surface area contributed by atoms with Crippen LogP contribution >= 0.6 is 21.6 Å². The van der Waals surface area contributed by atoms with Gasteiger partial charge in [-0.25, -0.2) is 0 Å². The molecule has 6 saturated carbocycles. The fourth-order valence-corrected chi connectivity index (χ4v) is 19.1. The summed E-state index contributed by atoms with van der Waals surface area (Å²) < 4.78 is 12.0. The number of fused-ring (bicyclic) bond motifs is 4. The minimum Gasteiger partial charge on any atom is -0.496 e. The Balaban J connectivity index is 0.000000239. The number of nitrogens with zero attached hydrogens (tertiary/aromatic N) is 5. The highest BCUT2D eigenvalue weighted by atomic mass is 33.1. The molecule has 2 heterocycles. The summed E-state index contributed by atoms with van der Waals surface area (Å²) in [5, 5.41) is 70.3. The number of rotatable bonds is 30. The molecule has 103 heavy (non-hydrogen) atoms. The zero-order valence-corrected chi connectivity index (χ0v) is 64.6. The lowest BCUT2D eigenvalue weighted by atomic mass is 9.45. The maximum Gasteiger partial charge on any atom is 0.270 e. The number of anilines is 1. The van der Waals surface area contributed by atoms with E-state index in [1.54, 1.807) is 65.8 Å². The number of nitro benzene ring substituents is 1. The van der Waals surface area contributed by atoms with Gasteiger partial charge < -0.3 is 66.7 Å². The molecule has 6 aliphatic carbocycles. The van der Waals surface area contributed by atoms with E-state index in [1.165, 1.54) is 37.1 Å². The van der Waals surface area contributed by atoms with Gasteiger partial charge in [-0.1, -0.05) is 113 Å². The fraction of sp³-hybridized carbons (Fsp3) is 0.636. The normalized spacial score (nSPS) is 27.6. The molecule has 12 rings (SSSR count). The predicted molar refractivity (Wildman–Crippen MR) is 404 cm³/mol. The zero-order valence-electron chi connectivity index (χ0n) is 63.0. The van der Waals surface area contributed by atoms with Crippen LogP contribution in [0.2, 0.25) is 0 Å². The maximum absolute atomic E-state index is 14.2. The molecule has 10 N–H and O–H groups in total. The van der Waals surface area contributed by atoms with Crippen LogP contribution < -0.4 is 41.4 Å². The number of para-hydroxylation sites is 2. The molecule has 2 aliphatic heterocycles. The smallest absolute Gasteiger partial charge is 0.270 e. The summed E-state index contributed by atoms with van der Waals surface area (Å²) in [5.74, 6) is 3.17. The Hall–Kier alpha value is -6.14. The van der Waals surface area contributed by atoms with Crippen LogP contribution in [0.15, 0.2) is 72.8 Å². The van der Waals surface area contributed by atoms with Crippen molar-refractivity contribution < 1.29 is 63.7 Å². The molecule has 568 valence electrons. The molecule has 8 aliphatic rings. The number of methoxy groups -OCH3 is 2. The molecule has 0 radical (unpaired) electrons. The number of aliphatic hydroxyl groups excluding tert-OH is 4. The summed E-state index contributed by atoms with van der Waals surface area (Å²) >= 11 is 0. The second kappa shape index (κ2) is 34.6. The van der Waals surface area contributed by atoms with E-state index in [-0.39, 0.29) is 83.5 Å². The van der Waals surface area contributed by atoms with E-state index in [2.05, 4.69) is 62.8 Å². The van der Waals surface area contributed by atoms with Crippen molar-refractivity contribution in [1.82, 2.24) is 36.3 Å². The lowest BCUT2D eigenvalue weighted by Gasteiger charge is -2.62. The number of hydroxylamine groups is 4. The number of hydrogen-bond acceptors (Lipinski definition) is 21. The highest BCUT2D eigenvalue weighted by Gasteiger charge is 2.59. The first kappa shape index (κ1) is 80.9. The predicted octanol–water partition coefficient (Wildman–Crippen LogP) is 8.41. The molecule has 0 spiro atoms. The molecular formula is C77H114N10O14S2. The fourth-order valence-electron chi connectivity index (χ4n) is 17.4. The zero-order chi connectivity index (χ0) is 75.3. The number of carbonyl (C=O) groups is 4. The first-order valence-corrected chi connectivity index (χ1v) is 39.0. The molecule has 8 fully saturated rings. The van der Waals surface area contributed by atoms with E-state index in [1.807, 2.05) is 94.3 Å². The third-order valence-electron chi connectivity index (χ3n) is 23.5.